The number of nitrogens with zero attached hydrogens (tertiary/aromatic N) is 7. The zero-order valence-electron chi connectivity index (χ0n) is 16.4. The van der Waals surface area contributed by atoms with Crippen LogP contribution in [0.3, 0.4) is 0 Å². The van der Waals surface area contributed by atoms with E-state index in [1.165, 1.54) is 41.7 Å². The lowest BCUT2D eigenvalue weighted by Gasteiger charge is -2.11. The first-order valence-electron chi connectivity index (χ1n) is 9.16. The summed E-state index contributed by atoms with van der Waals surface area (Å²) >= 11 is 0.673. The van der Waals surface area contributed by atoms with Gasteiger partial charge in [0.1, 0.15) is 18.3 Å². The smallest absolute Gasteiger partial charge is 0.258 e. The Labute approximate surface area is 188 Å². The van der Waals surface area contributed by atoms with Crippen LogP contribution in [-0.2, 0) is 6.18 Å². The fourth-order valence-corrected chi connectivity index (χ4v) is 3.56. The molecule has 0 atom stereocenters. The first kappa shape index (κ1) is 22.1. The SMILES string of the molecule is O=[N+]([O-])c1cc(/C=N/n2cnnc2)ccc1Sc1nc(-c2ccccc2)cc(C(F)(F)F)n1. The molecule has 0 aliphatic heterocycles. The van der Waals surface area contributed by atoms with Gasteiger partial charge in [0.2, 0.25) is 0 Å². The minimum absolute atomic E-state index is 0.0563. The molecular weight excluding hydrogens is 459 g/mol. The first-order chi connectivity index (χ1) is 15.8. The van der Waals surface area contributed by atoms with Gasteiger partial charge in [-0.25, -0.2) is 14.6 Å². The summed E-state index contributed by atoms with van der Waals surface area (Å²) in [6.07, 6.45) is -0.676. The van der Waals surface area contributed by atoms with Gasteiger partial charge in [-0.3, -0.25) is 10.1 Å². The van der Waals surface area contributed by atoms with Crippen LogP contribution in [0.5, 0.6) is 0 Å². The number of aromatic nitrogens is 5. The van der Waals surface area contributed by atoms with E-state index in [1.54, 1.807) is 30.3 Å². The number of hydrogen-bond donors (Lipinski definition) is 0. The maximum absolute atomic E-state index is 13.4. The molecule has 0 radical (unpaired) electrons. The van der Waals surface area contributed by atoms with E-state index < -0.39 is 16.8 Å². The Balaban J connectivity index is 1.71. The fourth-order valence-electron chi connectivity index (χ4n) is 2.70. The summed E-state index contributed by atoms with van der Waals surface area (Å²) in [6, 6.07) is 13.3. The number of nitro benzene ring substituents is 1. The molecule has 0 unspecified atom stereocenters. The van der Waals surface area contributed by atoms with Crippen molar-refractivity contribution in [3.8, 4) is 11.3 Å². The number of benzene rings is 2. The number of rotatable bonds is 6. The maximum atomic E-state index is 13.4. The third kappa shape index (κ3) is 5.38. The van der Waals surface area contributed by atoms with Crippen LogP contribution in [0.25, 0.3) is 11.3 Å². The largest absolute Gasteiger partial charge is 0.433 e. The van der Waals surface area contributed by atoms with Gasteiger partial charge in [-0.15, -0.1) is 10.2 Å². The van der Waals surface area contributed by atoms with Crippen LogP contribution in [0.4, 0.5) is 18.9 Å². The van der Waals surface area contributed by atoms with Crippen molar-refractivity contribution in [2.45, 2.75) is 16.2 Å². The molecule has 0 bridgehead atoms. The number of nitro groups is 1. The van der Waals surface area contributed by atoms with E-state index >= 15 is 0 Å². The molecule has 4 aromatic rings. The highest BCUT2D eigenvalue weighted by molar-refractivity contribution is 7.99. The molecule has 0 N–H and O–H groups in total. The molecule has 13 heteroatoms. The van der Waals surface area contributed by atoms with Crippen LogP contribution in [0, 0.1) is 10.1 Å². The van der Waals surface area contributed by atoms with Gasteiger partial charge in [-0.2, -0.15) is 18.3 Å². The van der Waals surface area contributed by atoms with Crippen molar-refractivity contribution in [3.63, 3.8) is 0 Å². The average molecular weight is 471 g/mol. The molecule has 0 fully saturated rings. The van der Waals surface area contributed by atoms with E-state index in [0.717, 1.165) is 6.07 Å². The van der Waals surface area contributed by atoms with Gasteiger partial charge in [0.05, 0.1) is 21.7 Å². The Hall–Kier alpha value is -4.13. The highest BCUT2D eigenvalue weighted by atomic mass is 32.2. The zero-order chi connectivity index (χ0) is 23.4. The first-order valence-corrected chi connectivity index (χ1v) is 9.98. The lowest BCUT2D eigenvalue weighted by atomic mass is 10.1. The molecule has 2 aromatic heterocycles. The van der Waals surface area contributed by atoms with Crippen LogP contribution < -0.4 is 0 Å². The minimum Gasteiger partial charge on any atom is -0.258 e. The molecule has 0 saturated carbocycles. The molecule has 0 aliphatic rings. The second-order valence-electron chi connectivity index (χ2n) is 6.46. The molecule has 0 spiro atoms. The molecular formula is C20H12F3N7O2S. The highest BCUT2D eigenvalue weighted by Crippen LogP contribution is 2.37. The summed E-state index contributed by atoms with van der Waals surface area (Å²) in [5, 5.41) is 22.5. The van der Waals surface area contributed by atoms with E-state index in [4.69, 9.17) is 0 Å². The van der Waals surface area contributed by atoms with Gasteiger partial charge in [-0.05, 0) is 23.9 Å². The summed E-state index contributed by atoms with van der Waals surface area (Å²) in [4.78, 5) is 18.8. The maximum Gasteiger partial charge on any atom is 0.433 e. The van der Waals surface area contributed by atoms with E-state index in [2.05, 4.69) is 25.3 Å². The average Bonchev–Trinajstić information content (AvgIpc) is 3.32. The van der Waals surface area contributed by atoms with Gasteiger partial charge in [-0.1, -0.05) is 36.4 Å². The molecule has 0 saturated heterocycles. The van der Waals surface area contributed by atoms with Crippen molar-refractivity contribution in [2.24, 2.45) is 5.10 Å². The predicted molar refractivity (Wildman–Crippen MR) is 113 cm³/mol. The Morgan fingerprint density at radius 3 is 2.42 bits per heavy atom. The second-order valence-corrected chi connectivity index (χ2v) is 7.47. The summed E-state index contributed by atoms with van der Waals surface area (Å²) in [6.45, 7) is 0. The van der Waals surface area contributed by atoms with Crippen molar-refractivity contribution in [3.05, 3.63) is 88.6 Å². The van der Waals surface area contributed by atoms with Crippen molar-refractivity contribution in [1.82, 2.24) is 24.8 Å². The van der Waals surface area contributed by atoms with Crippen LogP contribution in [0.15, 0.2) is 82.4 Å². The van der Waals surface area contributed by atoms with E-state index in [-0.39, 0.29) is 21.4 Å². The van der Waals surface area contributed by atoms with Crippen LogP contribution in [0.1, 0.15) is 11.3 Å². The highest BCUT2D eigenvalue weighted by Gasteiger charge is 2.34. The van der Waals surface area contributed by atoms with E-state index in [9.17, 15) is 23.3 Å². The fraction of sp³-hybridized carbons (Fsp3) is 0.0500. The molecule has 0 aliphatic carbocycles. The van der Waals surface area contributed by atoms with E-state index in [1.807, 2.05) is 0 Å². The summed E-state index contributed by atoms with van der Waals surface area (Å²) in [7, 11) is 0. The third-order valence-corrected chi connectivity index (χ3v) is 5.12. The molecule has 2 heterocycles. The van der Waals surface area contributed by atoms with Crippen LogP contribution in [-0.4, -0.2) is 36.0 Å². The van der Waals surface area contributed by atoms with Gasteiger partial charge in [0.15, 0.2) is 5.16 Å². The van der Waals surface area contributed by atoms with Gasteiger partial charge in [0.25, 0.3) is 5.69 Å². The monoisotopic (exact) mass is 471 g/mol. The van der Waals surface area contributed by atoms with Crippen molar-refractivity contribution >= 4 is 23.7 Å². The normalized spacial score (nSPS) is 11.7. The Morgan fingerprint density at radius 1 is 1.03 bits per heavy atom. The molecule has 4 rings (SSSR count). The molecule has 2 aromatic carbocycles. The summed E-state index contributed by atoms with van der Waals surface area (Å²) < 4.78 is 41.6. The Morgan fingerprint density at radius 2 is 1.76 bits per heavy atom. The van der Waals surface area contributed by atoms with Gasteiger partial charge >= 0.3 is 6.18 Å². The second kappa shape index (κ2) is 9.16. The predicted octanol–water partition coefficient (Wildman–Crippen LogP) is 4.70. The number of halogens is 3. The Bertz CT molecular complexity index is 1310. The third-order valence-electron chi connectivity index (χ3n) is 4.19. The molecule has 166 valence electrons. The zero-order valence-corrected chi connectivity index (χ0v) is 17.2. The number of alkyl halides is 3. The summed E-state index contributed by atoms with van der Waals surface area (Å²) in [5.74, 6) is 0. The molecule has 0 amide bonds. The lowest BCUT2D eigenvalue weighted by Crippen LogP contribution is -2.10. The van der Waals surface area contributed by atoms with Crippen molar-refractivity contribution in [2.75, 3.05) is 0 Å². The Kier molecular flexibility index (Phi) is 6.13. The van der Waals surface area contributed by atoms with Gasteiger partial charge < -0.3 is 0 Å². The van der Waals surface area contributed by atoms with E-state index in [0.29, 0.717) is 22.9 Å². The molecule has 9 nitrogen and oxygen atoms in total. The van der Waals surface area contributed by atoms with Crippen LogP contribution in [0.2, 0.25) is 0 Å². The molecule has 33 heavy (non-hydrogen) atoms. The number of hydrogen-bond acceptors (Lipinski definition) is 8. The standard InChI is InChI=1S/C20H12F3N7O2S/c21-20(22,23)18-9-15(14-4-2-1-3-5-14)27-19(28-18)33-17-7-6-13(8-16(17)30(31)32)10-26-29-11-24-25-12-29/h1-12H/b26-10+. The van der Waals surface area contributed by atoms with Crippen molar-refractivity contribution < 1.29 is 18.1 Å². The summed E-state index contributed by atoms with van der Waals surface area (Å²) in [5.41, 5.74) is -0.549. The van der Waals surface area contributed by atoms with Crippen LogP contribution >= 0.6 is 11.8 Å². The topological polar surface area (TPSA) is 112 Å². The van der Waals surface area contributed by atoms with Crippen molar-refractivity contribution in [1.29, 1.82) is 0 Å². The quantitative estimate of drug-likeness (QED) is 0.173. The van der Waals surface area contributed by atoms with Gasteiger partial charge in [0, 0.05) is 17.2 Å². The lowest BCUT2D eigenvalue weighted by molar-refractivity contribution is -0.387. The minimum atomic E-state index is -4.71.